The first-order valence-electron chi connectivity index (χ1n) is 6.74. The molecule has 0 aromatic carbocycles. The fourth-order valence-electron chi connectivity index (χ4n) is 2.15. The van der Waals surface area contributed by atoms with Crippen LogP contribution in [0.2, 0.25) is 5.28 Å². The van der Waals surface area contributed by atoms with Gasteiger partial charge in [-0.05, 0) is 37.3 Å². The third-order valence-electron chi connectivity index (χ3n) is 3.23. The molecule has 1 aliphatic rings. The number of nitrogens with zero attached hydrogens (tertiary/aromatic N) is 3. The monoisotopic (exact) mass is 301 g/mol. The molecule has 0 radical (unpaired) electrons. The molecule has 1 aromatic rings. The van der Waals surface area contributed by atoms with Gasteiger partial charge >= 0.3 is 6.01 Å². The third-order valence-corrected chi connectivity index (χ3v) is 3.40. The first-order valence-corrected chi connectivity index (χ1v) is 7.12. The molecule has 0 unspecified atom stereocenters. The first-order chi connectivity index (χ1) is 9.67. The van der Waals surface area contributed by atoms with Crippen LogP contribution in [0.25, 0.3) is 0 Å². The van der Waals surface area contributed by atoms with Gasteiger partial charge in [-0.2, -0.15) is 15.0 Å². The van der Waals surface area contributed by atoms with E-state index in [1.165, 1.54) is 7.11 Å². The Hall–Kier alpha value is -1.18. The van der Waals surface area contributed by atoms with Crippen molar-refractivity contribution in [2.45, 2.75) is 37.8 Å². The highest BCUT2D eigenvalue weighted by atomic mass is 35.5. The third kappa shape index (κ3) is 4.73. The van der Waals surface area contributed by atoms with Gasteiger partial charge in [-0.1, -0.05) is 0 Å². The van der Waals surface area contributed by atoms with Crippen LogP contribution in [-0.4, -0.2) is 47.4 Å². The molecule has 1 saturated carbocycles. The number of anilines is 1. The maximum Gasteiger partial charge on any atom is 0.322 e. The van der Waals surface area contributed by atoms with Crippen molar-refractivity contribution in [3.63, 3.8) is 0 Å². The normalized spacial score (nSPS) is 22.6. The quantitative estimate of drug-likeness (QED) is 0.763. The molecule has 0 aliphatic heterocycles. The largest absolute Gasteiger partial charge is 0.467 e. The summed E-state index contributed by atoms with van der Waals surface area (Å²) in [5.41, 5.74) is 5.85. The first kappa shape index (κ1) is 15.2. The lowest BCUT2D eigenvalue weighted by atomic mass is 9.94. The van der Waals surface area contributed by atoms with Crippen LogP contribution in [0.1, 0.15) is 25.7 Å². The van der Waals surface area contributed by atoms with Crippen molar-refractivity contribution < 1.29 is 9.47 Å². The van der Waals surface area contributed by atoms with E-state index in [2.05, 4.69) is 20.3 Å². The average Bonchev–Trinajstić information content (AvgIpc) is 2.45. The number of ether oxygens (including phenoxy) is 2. The van der Waals surface area contributed by atoms with Crippen LogP contribution in [0.5, 0.6) is 6.01 Å². The van der Waals surface area contributed by atoms with Crippen molar-refractivity contribution in [2.24, 2.45) is 5.73 Å². The summed E-state index contributed by atoms with van der Waals surface area (Å²) in [4.78, 5) is 11.8. The molecular formula is C12H20ClN5O2. The Bertz CT molecular complexity index is 426. The highest BCUT2D eigenvalue weighted by molar-refractivity contribution is 6.28. The molecular weight excluding hydrogens is 282 g/mol. The standard InChI is InChI=1S/C12H20ClN5O2/c1-19-12-17-10(13)16-11(18-12)15-6-7-20-9-4-2-8(14)3-5-9/h8-9H,2-7,14H2,1H3,(H,15,16,17,18). The van der Waals surface area contributed by atoms with Crippen LogP contribution in [0, 0.1) is 0 Å². The van der Waals surface area contributed by atoms with Crippen LogP contribution in [0.3, 0.4) is 0 Å². The second-order valence-corrected chi connectivity index (χ2v) is 5.09. The van der Waals surface area contributed by atoms with Gasteiger partial charge in [-0.3, -0.25) is 0 Å². The Labute approximate surface area is 123 Å². The Balaban J connectivity index is 1.69. The van der Waals surface area contributed by atoms with Crippen LogP contribution in [0.15, 0.2) is 0 Å². The van der Waals surface area contributed by atoms with Gasteiger partial charge in [0.25, 0.3) is 0 Å². The number of hydrogen-bond acceptors (Lipinski definition) is 7. The molecule has 0 atom stereocenters. The van der Waals surface area contributed by atoms with Gasteiger partial charge in [0.15, 0.2) is 0 Å². The van der Waals surface area contributed by atoms with E-state index in [1.54, 1.807) is 0 Å². The fraction of sp³-hybridized carbons (Fsp3) is 0.750. The van der Waals surface area contributed by atoms with Crippen LogP contribution >= 0.6 is 11.6 Å². The molecule has 112 valence electrons. The zero-order valence-corrected chi connectivity index (χ0v) is 12.3. The minimum atomic E-state index is 0.0986. The van der Waals surface area contributed by atoms with E-state index in [9.17, 15) is 0 Å². The number of nitrogens with two attached hydrogens (primary N) is 1. The summed E-state index contributed by atoms with van der Waals surface area (Å²) in [5.74, 6) is 0.385. The van der Waals surface area contributed by atoms with Gasteiger partial charge in [0.05, 0.1) is 19.8 Å². The van der Waals surface area contributed by atoms with Gasteiger partial charge in [0.1, 0.15) is 0 Å². The molecule has 1 heterocycles. The summed E-state index contributed by atoms with van der Waals surface area (Å²) in [5, 5.41) is 3.13. The molecule has 1 fully saturated rings. The predicted octanol–water partition coefficient (Wildman–Crippen LogP) is 1.23. The number of hydrogen-bond donors (Lipinski definition) is 2. The number of nitrogens with one attached hydrogen (secondary N) is 1. The lowest BCUT2D eigenvalue weighted by Gasteiger charge is -2.26. The van der Waals surface area contributed by atoms with E-state index in [0.29, 0.717) is 31.2 Å². The predicted molar refractivity (Wildman–Crippen MR) is 76.1 cm³/mol. The average molecular weight is 302 g/mol. The number of methoxy groups -OCH3 is 1. The van der Waals surface area contributed by atoms with E-state index in [4.69, 9.17) is 26.8 Å². The highest BCUT2D eigenvalue weighted by Crippen LogP contribution is 2.19. The van der Waals surface area contributed by atoms with Crippen LogP contribution in [0.4, 0.5) is 5.95 Å². The molecule has 1 aromatic heterocycles. The van der Waals surface area contributed by atoms with Gasteiger partial charge in [-0.25, -0.2) is 0 Å². The van der Waals surface area contributed by atoms with Gasteiger partial charge in [-0.15, -0.1) is 0 Å². The summed E-state index contributed by atoms with van der Waals surface area (Å²) in [6, 6.07) is 0.530. The summed E-state index contributed by atoms with van der Waals surface area (Å²) >= 11 is 5.75. The SMILES string of the molecule is COc1nc(Cl)nc(NCCOC2CCC(N)CC2)n1. The second kappa shape index (κ2) is 7.56. The highest BCUT2D eigenvalue weighted by Gasteiger charge is 2.18. The maximum absolute atomic E-state index is 5.85. The van der Waals surface area contributed by atoms with E-state index >= 15 is 0 Å². The van der Waals surface area contributed by atoms with Crippen molar-refractivity contribution in [2.75, 3.05) is 25.6 Å². The molecule has 0 saturated heterocycles. The summed E-state index contributed by atoms with van der Waals surface area (Å²) in [6.45, 7) is 1.19. The summed E-state index contributed by atoms with van der Waals surface area (Å²) < 4.78 is 10.7. The van der Waals surface area contributed by atoms with Crippen LogP contribution in [-0.2, 0) is 4.74 Å². The smallest absolute Gasteiger partial charge is 0.322 e. The number of halogens is 1. The Kier molecular flexibility index (Phi) is 5.75. The fourth-order valence-corrected chi connectivity index (χ4v) is 2.30. The summed E-state index contributed by atoms with van der Waals surface area (Å²) in [7, 11) is 1.48. The Morgan fingerprint density at radius 2 is 2.00 bits per heavy atom. The van der Waals surface area contributed by atoms with E-state index < -0.39 is 0 Å². The summed E-state index contributed by atoms with van der Waals surface area (Å²) in [6.07, 6.45) is 4.46. The molecule has 8 heteroatoms. The Morgan fingerprint density at radius 1 is 1.25 bits per heavy atom. The maximum atomic E-state index is 5.85. The number of rotatable bonds is 6. The van der Waals surface area contributed by atoms with Crippen LogP contribution < -0.4 is 15.8 Å². The minimum absolute atomic E-state index is 0.0986. The van der Waals surface area contributed by atoms with E-state index in [-0.39, 0.29) is 11.3 Å². The van der Waals surface area contributed by atoms with E-state index in [1.807, 2.05) is 0 Å². The van der Waals surface area contributed by atoms with Crippen molar-refractivity contribution in [1.29, 1.82) is 0 Å². The van der Waals surface area contributed by atoms with Crippen molar-refractivity contribution in [3.05, 3.63) is 5.28 Å². The Morgan fingerprint density at radius 3 is 2.70 bits per heavy atom. The van der Waals surface area contributed by atoms with Gasteiger partial charge in [0.2, 0.25) is 11.2 Å². The topological polar surface area (TPSA) is 95.2 Å². The zero-order valence-electron chi connectivity index (χ0n) is 11.5. The minimum Gasteiger partial charge on any atom is -0.467 e. The molecule has 3 N–H and O–H groups in total. The zero-order chi connectivity index (χ0) is 14.4. The molecule has 20 heavy (non-hydrogen) atoms. The molecule has 0 amide bonds. The lowest BCUT2D eigenvalue weighted by Crippen LogP contribution is -2.31. The van der Waals surface area contributed by atoms with Gasteiger partial charge < -0.3 is 20.5 Å². The number of aromatic nitrogens is 3. The van der Waals surface area contributed by atoms with Crippen molar-refractivity contribution >= 4 is 17.5 Å². The molecule has 0 spiro atoms. The van der Waals surface area contributed by atoms with Gasteiger partial charge in [0, 0.05) is 12.6 Å². The lowest BCUT2D eigenvalue weighted by molar-refractivity contribution is 0.0312. The van der Waals surface area contributed by atoms with Crippen molar-refractivity contribution in [1.82, 2.24) is 15.0 Å². The van der Waals surface area contributed by atoms with E-state index in [0.717, 1.165) is 25.7 Å². The molecule has 0 bridgehead atoms. The molecule has 7 nitrogen and oxygen atoms in total. The van der Waals surface area contributed by atoms with Crippen molar-refractivity contribution in [3.8, 4) is 6.01 Å². The molecule has 1 aliphatic carbocycles. The second-order valence-electron chi connectivity index (χ2n) is 4.75. The molecule has 2 rings (SSSR count).